The zero-order valence-corrected chi connectivity index (χ0v) is 14.2. The maximum atomic E-state index is 4.47. The molecule has 3 aromatic heterocycles. The second kappa shape index (κ2) is 7.94. The average Bonchev–Trinajstić information content (AvgIpc) is 2.59. The molecule has 0 spiro atoms. The number of rotatable bonds is 6. The molecule has 0 bridgehead atoms. The standard InChI is InChI=1S/C18H17BrN4/c19-15-7-8-18(22-11-15)14-23(12-16-5-1-3-9-20-16)13-17-6-2-4-10-21-17/h1-11H,12-14H2. The van der Waals surface area contributed by atoms with Crippen LogP contribution in [0.3, 0.4) is 0 Å². The Morgan fingerprint density at radius 2 is 1.26 bits per heavy atom. The van der Waals surface area contributed by atoms with Gasteiger partial charge < -0.3 is 0 Å². The van der Waals surface area contributed by atoms with Crippen molar-refractivity contribution in [3.8, 4) is 0 Å². The van der Waals surface area contributed by atoms with Crippen LogP contribution in [-0.2, 0) is 19.6 Å². The lowest BCUT2D eigenvalue weighted by Crippen LogP contribution is -2.24. The lowest BCUT2D eigenvalue weighted by molar-refractivity contribution is 0.239. The lowest BCUT2D eigenvalue weighted by Gasteiger charge is -2.21. The van der Waals surface area contributed by atoms with Gasteiger partial charge in [-0.3, -0.25) is 19.9 Å². The maximum absolute atomic E-state index is 4.47. The van der Waals surface area contributed by atoms with Crippen LogP contribution in [-0.4, -0.2) is 19.9 Å². The Bertz CT molecular complexity index is 676. The van der Waals surface area contributed by atoms with Crippen LogP contribution in [0, 0.1) is 0 Å². The molecule has 3 rings (SSSR count). The molecule has 4 nitrogen and oxygen atoms in total. The normalized spacial score (nSPS) is 10.9. The molecule has 3 aromatic rings. The molecule has 5 heteroatoms. The molecule has 0 N–H and O–H groups in total. The Hall–Kier alpha value is -2.11. The average molecular weight is 369 g/mol. The minimum absolute atomic E-state index is 0.750. The molecule has 0 saturated carbocycles. The number of aromatic nitrogens is 3. The zero-order valence-electron chi connectivity index (χ0n) is 12.6. The predicted molar refractivity (Wildman–Crippen MR) is 93.4 cm³/mol. The molecule has 0 aliphatic heterocycles. The summed E-state index contributed by atoms with van der Waals surface area (Å²) in [5, 5.41) is 0. The summed E-state index contributed by atoms with van der Waals surface area (Å²) < 4.78 is 0.988. The highest BCUT2D eigenvalue weighted by molar-refractivity contribution is 9.10. The molecule has 3 heterocycles. The Labute approximate surface area is 144 Å². The van der Waals surface area contributed by atoms with E-state index in [1.54, 1.807) is 0 Å². The summed E-state index contributed by atoms with van der Waals surface area (Å²) in [6.45, 7) is 2.27. The Balaban J connectivity index is 1.76. The summed E-state index contributed by atoms with van der Waals surface area (Å²) in [4.78, 5) is 15.6. The van der Waals surface area contributed by atoms with Crippen LogP contribution in [0.25, 0.3) is 0 Å². The highest BCUT2D eigenvalue weighted by Gasteiger charge is 2.10. The fraction of sp³-hybridized carbons (Fsp3) is 0.167. The molecule has 0 aliphatic rings. The van der Waals surface area contributed by atoms with Crippen molar-refractivity contribution < 1.29 is 0 Å². The summed E-state index contributed by atoms with van der Waals surface area (Å²) in [7, 11) is 0. The quantitative estimate of drug-likeness (QED) is 0.662. The van der Waals surface area contributed by atoms with Crippen molar-refractivity contribution in [2.24, 2.45) is 0 Å². The topological polar surface area (TPSA) is 41.9 Å². The van der Waals surface area contributed by atoms with E-state index in [1.165, 1.54) is 0 Å². The van der Waals surface area contributed by atoms with E-state index in [2.05, 4.69) is 35.8 Å². The molecular weight excluding hydrogens is 352 g/mol. The van der Waals surface area contributed by atoms with Crippen molar-refractivity contribution in [1.29, 1.82) is 0 Å². The van der Waals surface area contributed by atoms with Crippen LogP contribution in [0.2, 0.25) is 0 Å². The summed E-state index contributed by atoms with van der Waals surface area (Å²) in [5.41, 5.74) is 3.11. The third-order valence-corrected chi connectivity index (χ3v) is 3.87. The minimum atomic E-state index is 0.750. The molecule has 0 aromatic carbocycles. The Morgan fingerprint density at radius 1 is 0.696 bits per heavy atom. The van der Waals surface area contributed by atoms with Gasteiger partial charge in [0.15, 0.2) is 0 Å². The van der Waals surface area contributed by atoms with Gasteiger partial charge >= 0.3 is 0 Å². The van der Waals surface area contributed by atoms with Gasteiger partial charge in [-0.1, -0.05) is 12.1 Å². The lowest BCUT2D eigenvalue weighted by atomic mass is 10.2. The monoisotopic (exact) mass is 368 g/mol. The van der Waals surface area contributed by atoms with E-state index in [0.717, 1.165) is 41.2 Å². The number of hydrogen-bond acceptors (Lipinski definition) is 4. The molecule has 0 unspecified atom stereocenters. The first kappa shape index (κ1) is 15.8. The van der Waals surface area contributed by atoms with Crippen molar-refractivity contribution in [2.75, 3.05) is 0 Å². The van der Waals surface area contributed by atoms with Gasteiger partial charge in [-0.05, 0) is 52.3 Å². The van der Waals surface area contributed by atoms with Gasteiger partial charge in [-0.25, -0.2) is 0 Å². The first-order valence-corrected chi connectivity index (χ1v) is 8.21. The van der Waals surface area contributed by atoms with E-state index in [9.17, 15) is 0 Å². The van der Waals surface area contributed by atoms with Gasteiger partial charge in [0.1, 0.15) is 0 Å². The van der Waals surface area contributed by atoms with Gasteiger partial charge in [-0.15, -0.1) is 0 Å². The van der Waals surface area contributed by atoms with Gasteiger partial charge in [0.05, 0.1) is 17.1 Å². The molecule has 0 aliphatic carbocycles. The first-order valence-electron chi connectivity index (χ1n) is 7.42. The van der Waals surface area contributed by atoms with E-state index in [0.29, 0.717) is 0 Å². The van der Waals surface area contributed by atoms with Crippen LogP contribution in [0.5, 0.6) is 0 Å². The molecule has 0 amide bonds. The van der Waals surface area contributed by atoms with Crippen LogP contribution in [0.15, 0.2) is 71.6 Å². The van der Waals surface area contributed by atoms with Crippen molar-refractivity contribution in [3.05, 3.63) is 88.7 Å². The van der Waals surface area contributed by atoms with Crippen LogP contribution in [0.1, 0.15) is 17.1 Å². The first-order chi connectivity index (χ1) is 11.3. The molecule has 0 saturated heterocycles. The van der Waals surface area contributed by atoms with E-state index < -0.39 is 0 Å². The third kappa shape index (κ3) is 4.94. The second-order valence-electron chi connectivity index (χ2n) is 5.26. The highest BCUT2D eigenvalue weighted by atomic mass is 79.9. The molecule has 0 atom stereocenters. The van der Waals surface area contributed by atoms with E-state index in [-0.39, 0.29) is 0 Å². The molecule has 0 fully saturated rings. The van der Waals surface area contributed by atoms with Crippen LogP contribution in [0.4, 0.5) is 0 Å². The molecule has 23 heavy (non-hydrogen) atoms. The van der Waals surface area contributed by atoms with Crippen molar-refractivity contribution in [2.45, 2.75) is 19.6 Å². The van der Waals surface area contributed by atoms with E-state index in [1.807, 2.05) is 67.1 Å². The second-order valence-corrected chi connectivity index (χ2v) is 6.17. The fourth-order valence-electron chi connectivity index (χ4n) is 2.34. The Kier molecular flexibility index (Phi) is 5.45. The van der Waals surface area contributed by atoms with Crippen molar-refractivity contribution >= 4 is 15.9 Å². The summed E-state index contributed by atoms with van der Waals surface area (Å²) >= 11 is 3.42. The van der Waals surface area contributed by atoms with Crippen LogP contribution < -0.4 is 0 Å². The SMILES string of the molecule is Brc1ccc(CN(Cc2ccccn2)Cc2ccccn2)nc1. The van der Waals surface area contributed by atoms with Crippen molar-refractivity contribution in [3.63, 3.8) is 0 Å². The molecule has 0 radical (unpaired) electrons. The fourth-order valence-corrected chi connectivity index (χ4v) is 2.57. The summed E-state index contributed by atoms with van der Waals surface area (Å²) in [6.07, 6.45) is 5.48. The van der Waals surface area contributed by atoms with Gasteiger partial charge in [0.2, 0.25) is 0 Å². The third-order valence-electron chi connectivity index (χ3n) is 3.40. The molecule has 116 valence electrons. The zero-order chi connectivity index (χ0) is 15.9. The number of hydrogen-bond donors (Lipinski definition) is 0. The van der Waals surface area contributed by atoms with Gasteiger partial charge in [-0.2, -0.15) is 0 Å². The Morgan fingerprint density at radius 3 is 1.70 bits per heavy atom. The largest absolute Gasteiger partial charge is 0.286 e. The number of pyridine rings is 3. The van der Waals surface area contributed by atoms with Gasteiger partial charge in [0.25, 0.3) is 0 Å². The number of halogens is 1. The summed E-state index contributed by atoms with van der Waals surface area (Å²) in [5.74, 6) is 0. The van der Waals surface area contributed by atoms with E-state index >= 15 is 0 Å². The van der Waals surface area contributed by atoms with Crippen LogP contribution >= 0.6 is 15.9 Å². The van der Waals surface area contributed by atoms with E-state index in [4.69, 9.17) is 0 Å². The maximum Gasteiger partial charge on any atom is 0.0545 e. The number of nitrogens with zero attached hydrogens (tertiary/aromatic N) is 4. The smallest absolute Gasteiger partial charge is 0.0545 e. The highest BCUT2D eigenvalue weighted by Crippen LogP contribution is 2.13. The van der Waals surface area contributed by atoms with Gasteiger partial charge in [0, 0.05) is 42.7 Å². The molecular formula is C18H17BrN4. The summed E-state index contributed by atoms with van der Waals surface area (Å²) in [6, 6.07) is 16.0. The minimum Gasteiger partial charge on any atom is -0.286 e. The predicted octanol–water partition coefficient (Wildman–Crippen LogP) is 3.84. The van der Waals surface area contributed by atoms with Crippen molar-refractivity contribution in [1.82, 2.24) is 19.9 Å².